The van der Waals surface area contributed by atoms with E-state index in [0.717, 1.165) is 35.0 Å². The van der Waals surface area contributed by atoms with Crippen molar-refractivity contribution in [2.75, 3.05) is 0 Å². The lowest BCUT2D eigenvalue weighted by Crippen LogP contribution is -2.22. The molecule has 0 spiro atoms. The Balaban J connectivity index is 2.41. The van der Waals surface area contributed by atoms with Crippen LogP contribution in [0.4, 0.5) is 0 Å². The number of nitrogens with zero attached hydrogens (tertiary/aromatic N) is 1. The Morgan fingerprint density at radius 3 is 2.67 bits per heavy atom. The molecule has 0 bridgehead atoms. The highest BCUT2D eigenvalue weighted by Crippen LogP contribution is 2.26. The van der Waals surface area contributed by atoms with E-state index in [1.54, 1.807) is 0 Å². The second kappa shape index (κ2) is 5.25. The van der Waals surface area contributed by atoms with Crippen molar-refractivity contribution < 1.29 is 4.21 Å². The van der Waals surface area contributed by atoms with Gasteiger partial charge >= 0.3 is 0 Å². The van der Waals surface area contributed by atoms with Crippen molar-refractivity contribution in [1.82, 2.24) is 0 Å². The van der Waals surface area contributed by atoms with Crippen molar-refractivity contribution in [2.45, 2.75) is 44.8 Å². The summed E-state index contributed by atoms with van der Waals surface area (Å²) < 4.78 is 17.4. The molecule has 0 unspecified atom stereocenters. The quantitative estimate of drug-likeness (QED) is 0.765. The van der Waals surface area contributed by atoms with E-state index >= 15 is 0 Å². The van der Waals surface area contributed by atoms with Crippen LogP contribution in [0.15, 0.2) is 27.1 Å². The molecule has 1 atom stereocenters. The SMILES string of the molecule is CC(C)(C)[S@](=O)N=C1CCCc2ccc(Br)cc21. The number of hydrogen-bond donors (Lipinski definition) is 0. The van der Waals surface area contributed by atoms with Crippen molar-refractivity contribution in [2.24, 2.45) is 4.40 Å². The van der Waals surface area contributed by atoms with Crippen LogP contribution in [0.3, 0.4) is 0 Å². The largest absolute Gasteiger partial charge is 0.234 e. The second-order valence-corrected chi connectivity index (χ2v) is 8.38. The predicted molar refractivity (Wildman–Crippen MR) is 81.5 cm³/mol. The van der Waals surface area contributed by atoms with Gasteiger partial charge in [-0.15, -0.1) is 0 Å². The average Bonchev–Trinajstić information content (AvgIpc) is 2.28. The van der Waals surface area contributed by atoms with Crippen LogP contribution in [0, 0.1) is 0 Å². The van der Waals surface area contributed by atoms with E-state index in [0.29, 0.717) is 0 Å². The molecule has 0 aromatic heterocycles. The highest BCUT2D eigenvalue weighted by Gasteiger charge is 2.22. The van der Waals surface area contributed by atoms with Gasteiger partial charge in [-0.05, 0) is 57.7 Å². The third-order valence-electron chi connectivity index (χ3n) is 2.96. The van der Waals surface area contributed by atoms with Crippen molar-refractivity contribution >= 4 is 32.6 Å². The maximum atomic E-state index is 12.1. The third-order valence-corrected chi connectivity index (χ3v) is 4.89. The van der Waals surface area contributed by atoms with Gasteiger partial charge in [0, 0.05) is 10.0 Å². The zero-order chi connectivity index (χ0) is 13.3. The minimum Gasteiger partial charge on any atom is -0.234 e. The van der Waals surface area contributed by atoms with Gasteiger partial charge in [0.1, 0.15) is 11.0 Å². The van der Waals surface area contributed by atoms with Gasteiger partial charge in [-0.3, -0.25) is 0 Å². The fourth-order valence-corrected chi connectivity index (χ4v) is 2.97. The second-order valence-electron chi connectivity index (χ2n) is 5.55. The molecule has 2 rings (SSSR count). The molecule has 0 amide bonds. The van der Waals surface area contributed by atoms with E-state index in [1.807, 2.05) is 20.8 Å². The molecule has 1 aliphatic carbocycles. The van der Waals surface area contributed by atoms with Crippen molar-refractivity contribution in [3.05, 3.63) is 33.8 Å². The monoisotopic (exact) mass is 327 g/mol. The molecule has 0 saturated heterocycles. The van der Waals surface area contributed by atoms with Crippen molar-refractivity contribution in [1.29, 1.82) is 0 Å². The maximum Gasteiger partial charge on any atom is 0.145 e. The fraction of sp³-hybridized carbons (Fsp3) is 0.500. The fourth-order valence-electron chi connectivity index (χ4n) is 1.95. The Bertz CT molecular complexity index is 517. The van der Waals surface area contributed by atoms with Crippen molar-refractivity contribution in [3.63, 3.8) is 0 Å². The minimum absolute atomic E-state index is 0.295. The van der Waals surface area contributed by atoms with Gasteiger partial charge in [-0.1, -0.05) is 22.0 Å². The predicted octanol–water partition coefficient (Wildman–Crippen LogP) is 4.04. The van der Waals surface area contributed by atoms with Gasteiger partial charge in [0.2, 0.25) is 0 Å². The van der Waals surface area contributed by atoms with Gasteiger partial charge in [0.15, 0.2) is 0 Å². The van der Waals surface area contributed by atoms with E-state index in [-0.39, 0.29) is 4.75 Å². The summed E-state index contributed by atoms with van der Waals surface area (Å²) in [4.78, 5) is 0. The number of halogens is 1. The van der Waals surface area contributed by atoms with Gasteiger partial charge in [0.05, 0.1) is 10.5 Å². The molecule has 0 saturated carbocycles. The summed E-state index contributed by atoms with van der Waals surface area (Å²) in [6.45, 7) is 5.87. The molecule has 0 N–H and O–H groups in total. The maximum absolute atomic E-state index is 12.1. The van der Waals surface area contributed by atoms with Crippen LogP contribution in [0.2, 0.25) is 0 Å². The topological polar surface area (TPSA) is 29.4 Å². The normalized spacial score (nSPS) is 19.7. The highest BCUT2D eigenvalue weighted by molar-refractivity contribution is 9.10. The molecule has 4 heteroatoms. The molecule has 1 aliphatic rings. The third kappa shape index (κ3) is 3.09. The number of fused-ring (bicyclic) bond motifs is 1. The molecule has 98 valence electrons. The molecule has 2 nitrogen and oxygen atoms in total. The summed E-state index contributed by atoms with van der Waals surface area (Å²) in [6.07, 6.45) is 3.10. The van der Waals surface area contributed by atoms with E-state index in [1.165, 1.54) is 5.56 Å². The first kappa shape index (κ1) is 13.9. The average molecular weight is 328 g/mol. The lowest BCUT2D eigenvalue weighted by Gasteiger charge is -2.20. The summed E-state index contributed by atoms with van der Waals surface area (Å²) >= 11 is 3.49. The molecule has 1 aromatic rings. The van der Waals surface area contributed by atoms with E-state index in [2.05, 4.69) is 38.5 Å². The number of rotatable bonds is 1. The van der Waals surface area contributed by atoms with Crippen LogP contribution >= 0.6 is 15.9 Å². The van der Waals surface area contributed by atoms with Crippen LogP contribution in [0.5, 0.6) is 0 Å². The summed E-state index contributed by atoms with van der Waals surface area (Å²) in [5, 5.41) is 0. The summed E-state index contributed by atoms with van der Waals surface area (Å²) in [5.74, 6) is 0. The van der Waals surface area contributed by atoms with Gasteiger partial charge in [0.25, 0.3) is 0 Å². The number of aryl methyl sites for hydroxylation is 1. The molecule has 0 aliphatic heterocycles. The Morgan fingerprint density at radius 2 is 2.00 bits per heavy atom. The van der Waals surface area contributed by atoms with Crippen LogP contribution in [0.25, 0.3) is 0 Å². The Hall–Kier alpha value is -0.480. The van der Waals surface area contributed by atoms with E-state index in [4.69, 9.17) is 0 Å². The van der Waals surface area contributed by atoms with Gasteiger partial charge in [-0.25, -0.2) is 4.21 Å². The van der Waals surface area contributed by atoms with Crippen molar-refractivity contribution in [3.8, 4) is 0 Å². The first-order valence-corrected chi connectivity index (χ1v) is 8.06. The summed E-state index contributed by atoms with van der Waals surface area (Å²) in [6, 6.07) is 6.28. The first-order chi connectivity index (χ1) is 8.38. The van der Waals surface area contributed by atoms with Gasteiger partial charge in [-0.2, -0.15) is 4.40 Å². The summed E-state index contributed by atoms with van der Waals surface area (Å²) in [5.41, 5.74) is 3.47. The van der Waals surface area contributed by atoms with E-state index < -0.39 is 11.0 Å². The van der Waals surface area contributed by atoms with Crippen LogP contribution in [0.1, 0.15) is 44.7 Å². The molecular weight excluding hydrogens is 310 g/mol. The van der Waals surface area contributed by atoms with E-state index in [9.17, 15) is 4.21 Å². The number of hydrogen-bond acceptors (Lipinski definition) is 1. The standard InChI is InChI=1S/C14H18BrNOS/c1-14(2,3)18(17)16-13-6-4-5-10-7-8-11(15)9-12(10)13/h7-9H,4-6H2,1-3H3/t18-/m0/s1. The molecule has 1 aromatic carbocycles. The molecule has 18 heavy (non-hydrogen) atoms. The zero-order valence-corrected chi connectivity index (χ0v) is 13.4. The Morgan fingerprint density at radius 1 is 1.28 bits per heavy atom. The Kier molecular flexibility index (Phi) is 4.07. The van der Waals surface area contributed by atoms with Gasteiger partial charge < -0.3 is 0 Å². The molecule has 0 heterocycles. The van der Waals surface area contributed by atoms with Crippen LogP contribution < -0.4 is 0 Å². The molecular formula is C14H18BrNOS. The highest BCUT2D eigenvalue weighted by atomic mass is 79.9. The van der Waals surface area contributed by atoms with Crippen LogP contribution in [-0.4, -0.2) is 14.7 Å². The Labute approximate surface area is 120 Å². The zero-order valence-electron chi connectivity index (χ0n) is 11.0. The summed E-state index contributed by atoms with van der Waals surface area (Å²) in [7, 11) is -1.18. The lowest BCUT2D eigenvalue weighted by atomic mass is 9.90. The molecule has 0 radical (unpaired) electrons. The van der Waals surface area contributed by atoms with Crippen LogP contribution in [-0.2, 0) is 17.4 Å². The first-order valence-electron chi connectivity index (χ1n) is 6.16. The lowest BCUT2D eigenvalue weighted by molar-refractivity contribution is 0.650. The minimum atomic E-state index is -1.18. The number of benzene rings is 1. The molecule has 0 fully saturated rings. The smallest absolute Gasteiger partial charge is 0.145 e.